The Balaban J connectivity index is 1.45. The Kier molecular flexibility index (Phi) is 2.88. The van der Waals surface area contributed by atoms with Crippen molar-refractivity contribution in [1.82, 2.24) is 30.0 Å². The van der Waals surface area contributed by atoms with E-state index in [1.807, 2.05) is 7.05 Å². The molecule has 4 heterocycles. The van der Waals surface area contributed by atoms with Crippen LogP contribution in [-0.2, 0) is 20.1 Å². The van der Waals surface area contributed by atoms with Gasteiger partial charge in [0.25, 0.3) is 11.8 Å². The summed E-state index contributed by atoms with van der Waals surface area (Å²) in [5.74, 6) is 2.04. The van der Waals surface area contributed by atoms with Crippen molar-refractivity contribution < 1.29 is 13.8 Å². The maximum Gasteiger partial charge on any atom is 0.278 e. The molecule has 0 spiro atoms. The van der Waals surface area contributed by atoms with Gasteiger partial charge in [0.1, 0.15) is 5.76 Å². The molecular weight excluding hydrogens is 324 g/mol. The molecule has 128 valence electrons. The standard InChI is InChI=1S/C16H16N6O3/c1-8-5-11(19-24-8)16(23)22-6-10-12(7-22)21(2)18-13(10)15-17-14(20-25-15)9-3-4-9/h5,9H,3-4,6-7H2,1-2H3. The number of fused-ring (bicyclic) bond motifs is 1. The van der Waals surface area contributed by atoms with E-state index in [4.69, 9.17) is 9.05 Å². The van der Waals surface area contributed by atoms with Crippen molar-refractivity contribution in [3.63, 3.8) is 0 Å². The van der Waals surface area contributed by atoms with Crippen molar-refractivity contribution in [3.05, 3.63) is 34.6 Å². The van der Waals surface area contributed by atoms with E-state index in [2.05, 4.69) is 20.4 Å². The van der Waals surface area contributed by atoms with Crippen LogP contribution in [0.1, 0.15) is 52.1 Å². The van der Waals surface area contributed by atoms with Crippen LogP contribution in [0.5, 0.6) is 0 Å². The first-order valence-corrected chi connectivity index (χ1v) is 8.21. The van der Waals surface area contributed by atoms with Crippen LogP contribution in [0, 0.1) is 6.92 Å². The zero-order chi connectivity index (χ0) is 17.1. The quantitative estimate of drug-likeness (QED) is 0.716. The summed E-state index contributed by atoms with van der Waals surface area (Å²) >= 11 is 0. The Morgan fingerprint density at radius 1 is 1.24 bits per heavy atom. The number of hydrogen-bond acceptors (Lipinski definition) is 7. The van der Waals surface area contributed by atoms with Crippen molar-refractivity contribution in [1.29, 1.82) is 0 Å². The largest absolute Gasteiger partial charge is 0.361 e. The molecule has 0 N–H and O–H groups in total. The van der Waals surface area contributed by atoms with Gasteiger partial charge in [0, 0.05) is 24.6 Å². The second-order valence-electron chi connectivity index (χ2n) is 6.61. The van der Waals surface area contributed by atoms with Gasteiger partial charge in [-0.05, 0) is 19.8 Å². The van der Waals surface area contributed by atoms with Gasteiger partial charge in [-0.15, -0.1) is 0 Å². The second-order valence-corrected chi connectivity index (χ2v) is 6.61. The fraction of sp³-hybridized carbons (Fsp3) is 0.438. The average Bonchev–Trinajstić information content (AvgIpc) is 2.98. The highest BCUT2D eigenvalue weighted by molar-refractivity contribution is 5.92. The van der Waals surface area contributed by atoms with Crippen LogP contribution in [0.25, 0.3) is 11.6 Å². The molecule has 1 fully saturated rings. The Bertz CT molecular complexity index is 980. The minimum absolute atomic E-state index is 0.164. The topological polar surface area (TPSA) is 103 Å². The third-order valence-electron chi connectivity index (χ3n) is 4.69. The van der Waals surface area contributed by atoms with Gasteiger partial charge in [-0.25, -0.2) is 0 Å². The highest BCUT2D eigenvalue weighted by atomic mass is 16.5. The summed E-state index contributed by atoms with van der Waals surface area (Å²) < 4.78 is 12.2. The number of amides is 1. The molecule has 9 heteroatoms. The number of carbonyl (C=O) groups is 1. The fourth-order valence-corrected chi connectivity index (χ4v) is 3.18. The Morgan fingerprint density at radius 3 is 2.80 bits per heavy atom. The van der Waals surface area contributed by atoms with Crippen LogP contribution in [-0.4, -0.2) is 35.9 Å². The van der Waals surface area contributed by atoms with Crippen molar-refractivity contribution >= 4 is 5.91 Å². The lowest BCUT2D eigenvalue weighted by atomic mass is 10.2. The molecule has 25 heavy (non-hydrogen) atoms. The van der Waals surface area contributed by atoms with Crippen LogP contribution in [0.3, 0.4) is 0 Å². The minimum atomic E-state index is -0.164. The molecule has 9 nitrogen and oxygen atoms in total. The van der Waals surface area contributed by atoms with Crippen LogP contribution in [0.2, 0.25) is 0 Å². The predicted octanol–water partition coefficient (Wildman–Crippen LogP) is 1.80. The zero-order valence-corrected chi connectivity index (χ0v) is 13.9. The maximum absolute atomic E-state index is 12.6. The molecule has 1 aliphatic heterocycles. The normalized spacial score (nSPS) is 16.5. The van der Waals surface area contributed by atoms with Crippen LogP contribution >= 0.6 is 0 Å². The molecule has 0 aromatic carbocycles. The third-order valence-corrected chi connectivity index (χ3v) is 4.69. The molecule has 0 atom stereocenters. The molecule has 1 saturated carbocycles. The number of aryl methyl sites for hydroxylation is 2. The van der Waals surface area contributed by atoms with E-state index < -0.39 is 0 Å². The van der Waals surface area contributed by atoms with Crippen molar-refractivity contribution in [2.75, 3.05) is 0 Å². The molecule has 3 aromatic heterocycles. The minimum Gasteiger partial charge on any atom is -0.361 e. The summed E-state index contributed by atoms with van der Waals surface area (Å²) in [6, 6.07) is 1.64. The van der Waals surface area contributed by atoms with Gasteiger partial charge in [-0.2, -0.15) is 10.1 Å². The number of aromatic nitrogens is 5. The highest BCUT2D eigenvalue weighted by Crippen LogP contribution is 2.39. The van der Waals surface area contributed by atoms with E-state index >= 15 is 0 Å². The van der Waals surface area contributed by atoms with Crippen molar-refractivity contribution in [3.8, 4) is 11.6 Å². The lowest BCUT2D eigenvalue weighted by Gasteiger charge is -2.14. The molecule has 1 aliphatic carbocycles. The molecule has 0 saturated heterocycles. The maximum atomic E-state index is 12.6. The highest BCUT2D eigenvalue weighted by Gasteiger charge is 2.35. The average molecular weight is 340 g/mol. The number of hydrogen-bond donors (Lipinski definition) is 0. The molecule has 5 rings (SSSR count). The van der Waals surface area contributed by atoms with Gasteiger partial charge in [0.15, 0.2) is 17.2 Å². The molecule has 3 aromatic rings. The van der Waals surface area contributed by atoms with Gasteiger partial charge in [-0.1, -0.05) is 10.3 Å². The summed E-state index contributed by atoms with van der Waals surface area (Å²) in [6.45, 7) is 2.66. The van der Waals surface area contributed by atoms with Gasteiger partial charge in [-0.3, -0.25) is 9.48 Å². The molecule has 0 radical (unpaired) electrons. The van der Waals surface area contributed by atoms with Crippen molar-refractivity contribution in [2.24, 2.45) is 7.05 Å². The van der Waals surface area contributed by atoms with E-state index in [1.165, 1.54) is 0 Å². The van der Waals surface area contributed by atoms with Gasteiger partial charge in [0.2, 0.25) is 0 Å². The Morgan fingerprint density at radius 2 is 2.08 bits per heavy atom. The van der Waals surface area contributed by atoms with Gasteiger partial charge in [0.05, 0.1) is 18.8 Å². The van der Waals surface area contributed by atoms with E-state index in [1.54, 1.807) is 22.6 Å². The SMILES string of the molecule is Cc1cc(C(=O)N2Cc3c(-c4nc(C5CC5)no4)nn(C)c3C2)no1. The Labute approximate surface area is 142 Å². The van der Waals surface area contributed by atoms with Gasteiger partial charge >= 0.3 is 0 Å². The van der Waals surface area contributed by atoms with Crippen LogP contribution in [0.15, 0.2) is 15.1 Å². The van der Waals surface area contributed by atoms with E-state index in [-0.39, 0.29) is 5.91 Å². The summed E-state index contributed by atoms with van der Waals surface area (Å²) in [6.07, 6.45) is 2.22. The molecule has 1 amide bonds. The third kappa shape index (κ3) is 2.26. The lowest BCUT2D eigenvalue weighted by molar-refractivity contribution is 0.0738. The Hall–Kier alpha value is -2.97. The van der Waals surface area contributed by atoms with E-state index in [9.17, 15) is 4.79 Å². The van der Waals surface area contributed by atoms with E-state index in [0.29, 0.717) is 42.0 Å². The first-order chi connectivity index (χ1) is 12.1. The fourth-order valence-electron chi connectivity index (χ4n) is 3.18. The number of rotatable bonds is 3. The first-order valence-electron chi connectivity index (χ1n) is 8.21. The molecule has 0 unspecified atom stereocenters. The summed E-state index contributed by atoms with van der Waals surface area (Å²) in [7, 11) is 1.86. The zero-order valence-electron chi connectivity index (χ0n) is 13.9. The first kappa shape index (κ1) is 14.4. The number of nitrogens with zero attached hydrogens (tertiary/aromatic N) is 6. The summed E-state index contributed by atoms with van der Waals surface area (Å²) in [4.78, 5) is 18.8. The molecular formula is C16H16N6O3. The lowest BCUT2D eigenvalue weighted by Crippen LogP contribution is -2.26. The molecule has 0 bridgehead atoms. The van der Waals surface area contributed by atoms with Crippen molar-refractivity contribution in [2.45, 2.75) is 38.8 Å². The monoisotopic (exact) mass is 340 g/mol. The predicted molar refractivity (Wildman–Crippen MR) is 83.3 cm³/mol. The summed E-state index contributed by atoms with van der Waals surface area (Å²) in [5, 5.41) is 12.4. The molecule has 2 aliphatic rings. The van der Waals surface area contributed by atoms with E-state index in [0.717, 1.165) is 29.9 Å². The van der Waals surface area contributed by atoms with Crippen LogP contribution < -0.4 is 0 Å². The van der Waals surface area contributed by atoms with Gasteiger partial charge < -0.3 is 13.9 Å². The second kappa shape index (κ2) is 5.01. The van der Waals surface area contributed by atoms with Crippen LogP contribution in [0.4, 0.5) is 0 Å². The summed E-state index contributed by atoms with van der Waals surface area (Å²) in [5.41, 5.74) is 2.88. The smallest absolute Gasteiger partial charge is 0.278 e. The number of carbonyl (C=O) groups excluding carboxylic acids is 1.